The van der Waals surface area contributed by atoms with Gasteiger partial charge in [-0.1, -0.05) is 20.8 Å². The number of ether oxygens (including phenoxy) is 1. The summed E-state index contributed by atoms with van der Waals surface area (Å²) in [5.74, 6) is 4.62. The molecule has 8 atom stereocenters. The quantitative estimate of drug-likeness (QED) is 0.315. The lowest BCUT2D eigenvalue weighted by Crippen LogP contribution is -2.56. The maximum Gasteiger partial charge on any atom is 0.305 e. The van der Waals surface area contributed by atoms with Gasteiger partial charge >= 0.3 is 5.97 Å². The van der Waals surface area contributed by atoms with E-state index in [-0.39, 0.29) is 17.3 Å². The first-order chi connectivity index (χ1) is 15.4. The van der Waals surface area contributed by atoms with E-state index < -0.39 is 8.32 Å². The molecule has 0 aromatic rings. The number of hydrogen-bond acceptors (Lipinski definition) is 4. The molecule has 0 aromatic heterocycles. The summed E-state index contributed by atoms with van der Waals surface area (Å²) in [6, 6.07) is 0. The average molecular weight is 475 g/mol. The van der Waals surface area contributed by atoms with Gasteiger partial charge in [0.05, 0.1) is 12.9 Å². The molecular weight excluding hydrogens is 428 g/mol. The maximum atomic E-state index is 13.6. The topological polar surface area (TPSA) is 52.6 Å². The largest absolute Gasteiger partial charge is 0.548 e. The molecule has 186 valence electrons. The zero-order valence-corrected chi connectivity index (χ0v) is 23.0. The number of carbonyl (C=O) groups is 2. The van der Waals surface area contributed by atoms with Crippen LogP contribution in [0.3, 0.4) is 0 Å². The van der Waals surface area contributed by atoms with E-state index in [9.17, 15) is 9.59 Å². The monoisotopic (exact) mass is 474 g/mol. The van der Waals surface area contributed by atoms with Crippen molar-refractivity contribution in [3.05, 3.63) is 11.8 Å². The third-order valence-electron chi connectivity index (χ3n) is 10.3. The molecule has 0 radical (unpaired) electrons. The summed E-state index contributed by atoms with van der Waals surface area (Å²) in [4.78, 5) is 25.3. The van der Waals surface area contributed by atoms with Gasteiger partial charge in [0.15, 0.2) is 0 Å². The second-order valence-electron chi connectivity index (χ2n) is 13.2. The fourth-order valence-corrected chi connectivity index (χ4v) is 9.70. The minimum atomic E-state index is -1.65. The van der Waals surface area contributed by atoms with E-state index in [1.807, 2.05) is 0 Å². The minimum Gasteiger partial charge on any atom is -0.548 e. The summed E-state index contributed by atoms with van der Waals surface area (Å²) >= 11 is 0. The second kappa shape index (κ2) is 8.84. The van der Waals surface area contributed by atoms with Crippen molar-refractivity contribution in [1.82, 2.24) is 0 Å². The Hall–Kier alpha value is -1.10. The van der Waals surface area contributed by atoms with Crippen LogP contribution in [0.5, 0.6) is 0 Å². The molecule has 0 aromatic carbocycles. The number of hydrogen-bond donors (Lipinski definition) is 0. The Labute approximate surface area is 202 Å². The number of methoxy groups -OCH3 is 1. The fraction of sp³-hybridized carbons (Fsp3) is 0.857. The van der Waals surface area contributed by atoms with Crippen LogP contribution in [-0.2, 0) is 18.8 Å². The molecule has 0 amide bonds. The van der Waals surface area contributed by atoms with Gasteiger partial charge in [-0.2, -0.15) is 0 Å². The Morgan fingerprint density at radius 3 is 2.48 bits per heavy atom. The lowest BCUT2D eigenvalue weighted by Gasteiger charge is -2.59. The highest BCUT2D eigenvalue weighted by Crippen LogP contribution is 2.67. The molecular formula is C28H46O4Si. The van der Waals surface area contributed by atoms with Gasteiger partial charge < -0.3 is 9.16 Å². The molecule has 33 heavy (non-hydrogen) atoms. The highest BCUT2D eigenvalue weighted by Gasteiger charge is 2.62. The first kappa shape index (κ1) is 25.0. The highest BCUT2D eigenvalue weighted by molar-refractivity contribution is 6.70. The summed E-state index contributed by atoms with van der Waals surface area (Å²) in [5.41, 5.74) is 0.388. The van der Waals surface area contributed by atoms with E-state index in [0.717, 1.165) is 31.4 Å². The normalized spacial score (nSPS) is 41.4. The maximum absolute atomic E-state index is 13.6. The average Bonchev–Trinajstić information content (AvgIpc) is 3.09. The molecule has 1 unspecified atom stereocenters. The van der Waals surface area contributed by atoms with Crippen LogP contribution in [0.15, 0.2) is 11.8 Å². The van der Waals surface area contributed by atoms with Gasteiger partial charge in [-0.25, -0.2) is 0 Å². The Morgan fingerprint density at radius 2 is 1.82 bits per heavy atom. The van der Waals surface area contributed by atoms with E-state index >= 15 is 0 Å². The number of allylic oxidation sites excluding steroid dienone is 2. The lowest BCUT2D eigenvalue weighted by molar-refractivity contribution is -0.151. The third kappa shape index (κ3) is 4.48. The lowest BCUT2D eigenvalue weighted by atomic mass is 9.44. The number of rotatable bonds is 6. The van der Waals surface area contributed by atoms with Gasteiger partial charge in [-0.05, 0) is 105 Å². The zero-order chi connectivity index (χ0) is 24.2. The van der Waals surface area contributed by atoms with Crippen LogP contribution < -0.4 is 0 Å². The van der Waals surface area contributed by atoms with E-state index in [0.29, 0.717) is 47.2 Å². The molecule has 3 fully saturated rings. The highest BCUT2D eigenvalue weighted by atomic mass is 28.4. The number of ketones is 1. The fourth-order valence-electron chi connectivity index (χ4n) is 8.75. The van der Waals surface area contributed by atoms with E-state index in [1.165, 1.54) is 32.8 Å². The van der Waals surface area contributed by atoms with Gasteiger partial charge in [-0.3, -0.25) is 9.59 Å². The first-order valence-electron chi connectivity index (χ1n) is 13.4. The summed E-state index contributed by atoms with van der Waals surface area (Å²) < 4.78 is 11.2. The second-order valence-corrected chi connectivity index (χ2v) is 17.6. The van der Waals surface area contributed by atoms with Gasteiger partial charge in [0.1, 0.15) is 5.78 Å². The molecule has 4 aliphatic rings. The standard InChI is InChI=1S/C28H46O4Si/c1-18(8-11-26(30)31-4)21-9-10-22-20-17-25(29)24-16-19(32-33(5,6)7)12-14-28(24,3)23(20)13-15-27(21,22)2/h12,18,20-24H,8-11,13-17H2,1-7H3/t18-,20+,21-,22+,23+,24?,27-,28-/m1/s1. The molecule has 0 saturated heterocycles. The molecule has 4 nitrogen and oxygen atoms in total. The zero-order valence-electron chi connectivity index (χ0n) is 22.0. The van der Waals surface area contributed by atoms with Crippen molar-refractivity contribution in [2.45, 2.75) is 98.2 Å². The molecule has 0 heterocycles. The Balaban J connectivity index is 1.52. The molecule has 0 N–H and O–H groups in total. The van der Waals surface area contributed by atoms with Gasteiger partial charge in [-0.15, -0.1) is 0 Å². The van der Waals surface area contributed by atoms with Gasteiger partial charge in [0.25, 0.3) is 0 Å². The van der Waals surface area contributed by atoms with Crippen molar-refractivity contribution in [2.75, 3.05) is 7.11 Å². The molecule has 0 aliphatic heterocycles. The van der Waals surface area contributed by atoms with Crippen molar-refractivity contribution in [3.8, 4) is 0 Å². The van der Waals surface area contributed by atoms with Crippen LogP contribution >= 0.6 is 0 Å². The summed E-state index contributed by atoms with van der Waals surface area (Å²) in [6.45, 7) is 14.0. The number of carbonyl (C=O) groups excluding carboxylic acids is 2. The predicted octanol–water partition coefficient (Wildman–Crippen LogP) is 6.76. The van der Waals surface area contributed by atoms with Crippen molar-refractivity contribution >= 4 is 20.1 Å². The minimum absolute atomic E-state index is 0.0855. The van der Waals surface area contributed by atoms with Gasteiger partial charge in [0, 0.05) is 25.2 Å². The van der Waals surface area contributed by atoms with Crippen LogP contribution in [0.25, 0.3) is 0 Å². The van der Waals surface area contributed by atoms with Crippen LogP contribution in [0, 0.1) is 46.3 Å². The summed E-state index contributed by atoms with van der Waals surface area (Å²) in [6.07, 6.45) is 11.4. The smallest absolute Gasteiger partial charge is 0.305 e. The predicted molar refractivity (Wildman–Crippen MR) is 134 cm³/mol. The third-order valence-corrected chi connectivity index (χ3v) is 11.2. The molecule has 4 rings (SSSR count). The Morgan fingerprint density at radius 1 is 1.12 bits per heavy atom. The molecule has 0 bridgehead atoms. The SMILES string of the molecule is COC(=O)CC[C@@H](C)[C@H]1CC[C@H]2[C@@H]3CC(=O)C4CC(O[Si](C)(C)C)=CC[C@]4(C)[C@H]3CC[C@]12C. The van der Waals surface area contributed by atoms with Crippen molar-refractivity contribution in [1.29, 1.82) is 0 Å². The molecule has 3 saturated carbocycles. The van der Waals surface area contributed by atoms with Crippen molar-refractivity contribution < 1.29 is 18.8 Å². The van der Waals surface area contributed by atoms with Crippen molar-refractivity contribution in [2.24, 2.45) is 46.3 Å². The molecule has 4 aliphatic carbocycles. The summed E-state index contributed by atoms with van der Waals surface area (Å²) in [7, 11) is -0.171. The van der Waals surface area contributed by atoms with Crippen LogP contribution in [0.2, 0.25) is 19.6 Å². The van der Waals surface area contributed by atoms with Crippen LogP contribution in [0.1, 0.15) is 78.6 Å². The van der Waals surface area contributed by atoms with E-state index in [4.69, 9.17) is 9.16 Å². The van der Waals surface area contributed by atoms with Crippen LogP contribution in [-0.4, -0.2) is 27.2 Å². The first-order valence-corrected chi connectivity index (χ1v) is 16.8. The van der Waals surface area contributed by atoms with E-state index in [1.54, 1.807) is 0 Å². The Kier molecular flexibility index (Phi) is 6.70. The molecule has 0 spiro atoms. The van der Waals surface area contributed by atoms with Crippen molar-refractivity contribution in [3.63, 3.8) is 0 Å². The number of fused-ring (bicyclic) bond motifs is 5. The van der Waals surface area contributed by atoms with Gasteiger partial charge in [0.2, 0.25) is 8.32 Å². The molecule has 5 heteroatoms. The van der Waals surface area contributed by atoms with Crippen LogP contribution in [0.4, 0.5) is 0 Å². The number of Topliss-reactive ketones (excluding diaryl/α,β-unsaturated/α-hetero) is 1. The Bertz CT molecular complexity index is 813. The summed E-state index contributed by atoms with van der Waals surface area (Å²) in [5, 5.41) is 0. The van der Waals surface area contributed by atoms with E-state index in [2.05, 4.69) is 46.5 Å². The number of esters is 1.